The van der Waals surface area contributed by atoms with Crippen molar-refractivity contribution < 1.29 is 14.6 Å². The van der Waals surface area contributed by atoms with E-state index < -0.39 is 11.0 Å². The lowest BCUT2D eigenvalue weighted by molar-refractivity contribution is -0.159. The summed E-state index contributed by atoms with van der Waals surface area (Å²) in [4.78, 5) is 13.7. The number of rotatable bonds is 5. The molecule has 3 aromatic rings. The number of hydrogen-bond donors (Lipinski definition) is 1. The number of aromatic nitrogens is 1. The molecule has 0 aliphatic heterocycles. The van der Waals surface area contributed by atoms with Crippen molar-refractivity contribution in [3.05, 3.63) is 71.4 Å². The molecule has 4 heteroatoms. The highest BCUT2D eigenvalue weighted by atomic mass is 16.5. The van der Waals surface area contributed by atoms with Crippen LogP contribution in [0.15, 0.2) is 54.6 Å². The Balaban J connectivity index is 2.16. The van der Waals surface area contributed by atoms with Crippen LogP contribution in [-0.4, -0.2) is 28.4 Å². The van der Waals surface area contributed by atoms with Gasteiger partial charge < -0.3 is 14.4 Å². The summed E-state index contributed by atoms with van der Waals surface area (Å²) in [5.41, 5.74) is 1.39. The second-order valence-electron chi connectivity index (χ2n) is 8.14. The number of ether oxygens (including phenoxy) is 1. The highest BCUT2D eigenvalue weighted by Gasteiger charge is 2.62. The van der Waals surface area contributed by atoms with E-state index in [2.05, 4.69) is 23.6 Å². The molecule has 1 heterocycles. The summed E-state index contributed by atoms with van der Waals surface area (Å²) in [6, 6.07) is 17.8. The fourth-order valence-corrected chi connectivity index (χ4v) is 5.35. The molecule has 2 aromatic carbocycles. The molecule has 4 nitrogen and oxygen atoms in total. The molecule has 0 bridgehead atoms. The van der Waals surface area contributed by atoms with Gasteiger partial charge in [0.2, 0.25) is 0 Å². The van der Waals surface area contributed by atoms with E-state index in [0.29, 0.717) is 12.8 Å². The van der Waals surface area contributed by atoms with Gasteiger partial charge in [-0.1, -0.05) is 68.3 Å². The lowest BCUT2D eigenvalue weighted by Crippen LogP contribution is -2.60. The Labute approximate surface area is 172 Å². The number of carbonyl (C=O) groups is 1. The Morgan fingerprint density at radius 3 is 2.52 bits per heavy atom. The van der Waals surface area contributed by atoms with E-state index in [9.17, 15) is 9.90 Å². The molecule has 1 aliphatic carbocycles. The summed E-state index contributed by atoms with van der Waals surface area (Å²) in [6.07, 6.45) is 3.61. The number of unbranched alkanes of at least 4 members (excludes halogenated alkanes) is 1. The first-order chi connectivity index (χ1) is 14.0. The summed E-state index contributed by atoms with van der Waals surface area (Å²) < 4.78 is 7.60. The van der Waals surface area contributed by atoms with Gasteiger partial charge in [-0.3, -0.25) is 4.79 Å². The predicted molar refractivity (Wildman–Crippen MR) is 115 cm³/mol. The molecule has 4 rings (SSSR count). The second kappa shape index (κ2) is 7.34. The molecule has 2 unspecified atom stereocenters. The van der Waals surface area contributed by atoms with Crippen LogP contribution in [0.4, 0.5) is 0 Å². The maximum absolute atomic E-state index is 13.7. The van der Waals surface area contributed by atoms with Gasteiger partial charge in [0.25, 0.3) is 0 Å². The van der Waals surface area contributed by atoms with Crippen LogP contribution >= 0.6 is 0 Å². The molecular formula is C25H29NO3. The fourth-order valence-electron chi connectivity index (χ4n) is 5.35. The topological polar surface area (TPSA) is 51.5 Å². The third kappa shape index (κ3) is 2.66. The molecule has 0 radical (unpaired) electrons. The first-order valence-electron chi connectivity index (χ1n) is 10.4. The van der Waals surface area contributed by atoms with E-state index in [4.69, 9.17) is 4.74 Å². The zero-order valence-corrected chi connectivity index (χ0v) is 17.4. The minimum atomic E-state index is -1.26. The molecule has 1 aromatic heterocycles. The Kier molecular flexibility index (Phi) is 4.99. The summed E-state index contributed by atoms with van der Waals surface area (Å²) >= 11 is 0. The first kappa shape index (κ1) is 19.7. The monoisotopic (exact) mass is 391 g/mol. The van der Waals surface area contributed by atoms with Crippen molar-refractivity contribution in [3.8, 4) is 0 Å². The number of carbonyl (C=O) groups excluding carboxylic acids is 1. The van der Waals surface area contributed by atoms with Gasteiger partial charge in [0, 0.05) is 29.2 Å². The van der Waals surface area contributed by atoms with Crippen molar-refractivity contribution in [2.45, 2.75) is 50.0 Å². The van der Waals surface area contributed by atoms with E-state index in [1.807, 2.05) is 49.5 Å². The number of aliphatic hydroxyl groups is 1. The molecule has 152 valence electrons. The van der Waals surface area contributed by atoms with Crippen LogP contribution in [0.1, 0.15) is 49.4 Å². The van der Waals surface area contributed by atoms with E-state index in [-0.39, 0.29) is 5.97 Å². The van der Waals surface area contributed by atoms with Gasteiger partial charge in [-0.25, -0.2) is 0 Å². The van der Waals surface area contributed by atoms with Crippen molar-refractivity contribution in [1.29, 1.82) is 0 Å². The van der Waals surface area contributed by atoms with E-state index >= 15 is 0 Å². The molecule has 0 fully saturated rings. The number of esters is 1. The van der Waals surface area contributed by atoms with Crippen LogP contribution in [-0.2, 0) is 28.4 Å². The van der Waals surface area contributed by atoms with Gasteiger partial charge >= 0.3 is 5.97 Å². The average Bonchev–Trinajstić information content (AvgIpc) is 3.05. The van der Waals surface area contributed by atoms with Crippen molar-refractivity contribution in [2.75, 3.05) is 7.11 Å². The predicted octanol–water partition coefficient (Wildman–Crippen LogP) is 4.50. The van der Waals surface area contributed by atoms with Gasteiger partial charge in [0.15, 0.2) is 0 Å². The van der Waals surface area contributed by atoms with Crippen LogP contribution in [0.5, 0.6) is 0 Å². The lowest BCUT2D eigenvalue weighted by Gasteiger charge is -2.49. The molecule has 2 atom stereocenters. The van der Waals surface area contributed by atoms with Crippen molar-refractivity contribution in [3.63, 3.8) is 0 Å². The van der Waals surface area contributed by atoms with Crippen molar-refractivity contribution in [1.82, 2.24) is 4.57 Å². The molecule has 29 heavy (non-hydrogen) atoms. The summed E-state index contributed by atoms with van der Waals surface area (Å²) in [5, 5.41) is 13.2. The highest BCUT2D eigenvalue weighted by Crippen LogP contribution is 2.54. The molecule has 1 aliphatic rings. The van der Waals surface area contributed by atoms with Crippen molar-refractivity contribution >= 4 is 16.9 Å². The molecule has 0 saturated carbocycles. The van der Waals surface area contributed by atoms with Crippen LogP contribution in [0.3, 0.4) is 0 Å². The van der Waals surface area contributed by atoms with Gasteiger partial charge in [0.1, 0.15) is 5.41 Å². The van der Waals surface area contributed by atoms with Crippen LogP contribution < -0.4 is 0 Å². The van der Waals surface area contributed by atoms with Crippen LogP contribution in [0.2, 0.25) is 0 Å². The molecule has 0 spiro atoms. The Morgan fingerprint density at radius 2 is 1.83 bits per heavy atom. The Morgan fingerprint density at radius 1 is 1.14 bits per heavy atom. The van der Waals surface area contributed by atoms with Crippen molar-refractivity contribution in [2.24, 2.45) is 7.05 Å². The standard InChI is InChI=1S/C25H29NO3/c1-4-5-16-24(28)17-15-21-22(19-13-9-10-14-20(19)26(21)2)25(24,23(27)29-3)18-11-7-6-8-12-18/h6-14,28H,4-5,15-17H2,1-3H3. The third-order valence-corrected chi connectivity index (χ3v) is 6.72. The number of para-hydroxylation sites is 1. The van der Waals surface area contributed by atoms with Gasteiger partial charge in [-0.05, 0) is 30.9 Å². The Hall–Kier alpha value is -2.59. The number of aryl methyl sites for hydroxylation is 1. The summed E-state index contributed by atoms with van der Waals surface area (Å²) in [5.74, 6) is -0.389. The minimum Gasteiger partial charge on any atom is -0.468 e. The van der Waals surface area contributed by atoms with Gasteiger partial charge in [-0.15, -0.1) is 0 Å². The second-order valence-corrected chi connectivity index (χ2v) is 8.14. The number of nitrogens with zero attached hydrogens (tertiary/aromatic N) is 1. The average molecular weight is 392 g/mol. The van der Waals surface area contributed by atoms with E-state index in [1.165, 1.54) is 7.11 Å². The number of benzene rings is 2. The molecule has 1 N–H and O–H groups in total. The van der Waals surface area contributed by atoms with Gasteiger partial charge in [-0.2, -0.15) is 0 Å². The zero-order valence-electron chi connectivity index (χ0n) is 17.4. The van der Waals surface area contributed by atoms with Crippen LogP contribution in [0.25, 0.3) is 10.9 Å². The van der Waals surface area contributed by atoms with E-state index in [1.54, 1.807) is 0 Å². The SMILES string of the molecule is CCCCC1(O)CCc2c(c3ccccc3n2C)C1(C(=O)OC)c1ccccc1. The summed E-state index contributed by atoms with van der Waals surface area (Å²) in [7, 11) is 3.47. The maximum Gasteiger partial charge on any atom is 0.323 e. The number of hydrogen-bond acceptors (Lipinski definition) is 3. The van der Waals surface area contributed by atoms with Gasteiger partial charge in [0.05, 0.1) is 12.7 Å². The lowest BCUT2D eigenvalue weighted by atomic mass is 9.56. The van der Waals surface area contributed by atoms with E-state index in [0.717, 1.165) is 47.0 Å². The quantitative estimate of drug-likeness (QED) is 0.651. The Bertz CT molecular complexity index is 1040. The number of fused-ring (bicyclic) bond motifs is 3. The zero-order chi connectivity index (χ0) is 20.6. The largest absolute Gasteiger partial charge is 0.468 e. The first-order valence-corrected chi connectivity index (χ1v) is 10.4. The molecule has 0 amide bonds. The van der Waals surface area contributed by atoms with Crippen LogP contribution in [0, 0.1) is 0 Å². The molecule has 0 saturated heterocycles. The fraction of sp³-hybridized carbons (Fsp3) is 0.400. The smallest absolute Gasteiger partial charge is 0.323 e. The number of methoxy groups -OCH3 is 1. The normalized spacial score (nSPS) is 23.7. The summed E-state index contributed by atoms with van der Waals surface area (Å²) in [6.45, 7) is 2.11. The maximum atomic E-state index is 13.7. The highest BCUT2D eigenvalue weighted by molar-refractivity contribution is 5.99. The minimum absolute atomic E-state index is 0.389. The third-order valence-electron chi connectivity index (χ3n) is 6.72. The molecular weight excluding hydrogens is 362 g/mol.